The van der Waals surface area contributed by atoms with E-state index < -0.39 is 0 Å². The van der Waals surface area contributed by atoms with Gasteiger partial charge in [0.15, 0.2) is 0 Å². The quantitative estimate of drug-likeness (QED) is 0.720. The van der Waals surface area contributed by atoms with E-state index in [1.807, 2.05) is 34.7 Å². The van der Waals surface area contributed by atoms with Gasteiger partial charge in [-0.15, -0.1) is 0 Å². The van der Waals surface area contributed by atoms with Gasteiger partial charge in [0.25, 0.3) is 0 Å². The summed E-state index contributed by atoms with van der Waals surface area (Å²) >= 11 is 0. The number of rotatable bonds is 6. The Balaban J connectivity index is 2.87. The van der Waals surface area contributed by atoms with Crippen molar-refractivity contribution in [3.8, 4) is 0 Å². The molecule has 1 aromatic heterocycles. The van der Waals surface area contributed by atoms with Gasteiger partial charge in [0.1, 0.15) is 17.5 Å². The first-order valence-corrected chi connectivity index (χ1v) is 6.46. The molecule has 0 saturated carbocycles. The maximum absolute atomic E-state index is 9.81. The molecule has 1 rings (SSSR count). The van der Waals surface area contributed by atoms with Crippen molar-refractivity contribution in [2.24, 2.45) is 5.92 Å². The van der Waals surface area contributed by atoms with Crippen LogP contribution in [0.25, 0.3) is 0 Å². The Hall–Kier alpha value is -1.36. The molecule has 0 radical (unpaired) electrons. The monoisotopic (exact) mass is 252 g/mol. The topological polar surface area (TPSA) is 70.1 Å². The third kappa shape index (κ3) is 3.57. The SMILES string of the molecule is CCc1nc(NC)c(C)c(NCC(O)C(C)C)n1. The standard InChI is InChI=1S/C13H24N4O/c1-6-11-16-12(14-5)9(4)13(17-11)15-7-10(18)8(2)3/h8,10,18H,6-7H2,1-5H3,(H2,14,15,16,17). The Morgan fingerprint density at radius 1 is 1.22 bits per heavy atom. The van der Waals surface area contributed by atoms with Crippen LogP contribution in [-0.2, 0) is 6.42 Å². The highest BCUT2D eigenvalue weighted by molar-refractivity contribution is 5.57. The Bertz CT molecular complexity index is 393. The van der Waals surface area contributed by atoms with Gasteiger partial charge in [-0.2, -0.15) is 0 Å². The van der Waals surface area contributed by atoms with Crippen LogP contribution in [-0.4, -0.2) is 34.8 Å². The second-order valence-electron chi connectivity index (χ2n) is 4.76. The minimum atomic E-state index is -0.373. The second-order valence-corrected chi connectivity index (χ2v) is 4.76. The zero-order chi connectivity index (χ0) is 13.7. The molecule has 1 atom stereocenters. The largest absolute Gasteiger partial charge is 0.391 e. The zero-order valence-electron chi connectivity index (χ0n) is 11.9. The summed E-state index contributed by atoms with van der Waals surface area (Å²) in [5.41, 5.74) is 0.977. The van der Waals surface area contributed by atoms with Crippen molar-refractivity contribution in [3.05, 3.63) is 11.4 Å². The number of aliphatic hydroxyl groups excluding tert-OH is 1. The van der Waals surface area contributed by atoms with E-state index in [0.29, 0.717) is 6.54 Å². The van der Waals surface area contributed by atoms with Crippen LogP contribution in [0.2, 0.25) is 0 Å². The molecule has 1 heterocycles. The maximum Gasteiger partial charge on any atom is 0.134 e. The van der Waals surface area contributed by atoms with E-state index in [4.69, 9.17) is 0 Å². The molecule has 0 spiro atoms. The van der Waals surface area contributed by atoms with E-state index in [2.05, 4.69) is 20.6 Å². The Kier molecular flexibility index (Phi) is 5.34. The minimum absolute atomic E-state index is 0.231. The molecular formula is C13H24N4O. The summed E-state index contributed by atoms with van der Waals surface area (Å²) in [5, 5.41) is 16.1. The molecule has 3 N–H and O–H groups in total. The van der Waals surface area contributed by atoms with Gasteiger partial charge in [0.2, 0.25) is 0 Å². The Morgan fingerprint density at radius 3 is 2.33 bits per heavy atom. The van der Waals surface area contributed by atoms with Crippen LogP contribution in [0, 0.1) is 12.8 Å². The molecule has 5 nitrogen and oxygen atoms in total. The van der Waals surface area contributed by atoms with Gasteiger partial charge < -0.3 is 15.7 Å². The van der Waals surface area contributed by atoms with Gasteiger partial charge in [-0.05, 0) is 12.8 Å². The summed E-state index contributed by atoms with van der Waals surface area (Å²) in [5.74, 6) is 2.66. The van der Waals surface area contributed by atoms with Gasteiger partial charge >= 0.3 is 0 Å². The van der Waals surface area contributed by atoms with Gasteiger partial charge in [-0.1, -0.05) is 20.8 Å². The fraction of sp³-hybridized carbons (Fsp3) is 0.692. The molecule has 0 saturated heterocycles. The van der Waals surface area contributed by atoms with Crippen molar-refractivity contribution in [1.29, 1.82) is 0 Å². The van der Waals surface area contributed by atoms with Crippen LogP contribution >= 0.6 is 0 Å². The number of aromatic nitrogens is 2. The van der Waals surface area contributed by atoms with Crippen LogP contribution in [0.4, 0.5) is 11.6 Å². The van der Waals surface area contributed by atoms with E-state index in [1.54, 1.807) is 0 Å². The first-order chi connectivity index (χ1) is 8.49. The predicted octanol–water partition coefficient (Wildman–Crippen LogP) is 1.82. The third-order valence-electron chi connectivity index (χ3n) is 2.99. The van der Waals surface area contributed by atoms with Crippen LogP contribution in [0.5, 0.6) is 0 Å². The molecule has 0 fully saturated rings. The highest BCUT2D eigenvalue weighted by atomic mass is 16.3. The smallest absolute Gasteiger partial charge is 0.134 e. The first-order valence-electron chi connectivity index (χ1n) is 6.46. The highest BCUT2D eigenvalue weighted by Crippen LogP contribution is 2.20. The Labute approximate surface area is 109 Å². The van der Waals surface area contributed by atoms with Crippen molar-refractivity contribution in [1.82, 2.24) is 9.97 Å². The lowest BCUT2D eigenvalue weighted by molar-refractivity contribution is 0.138. The average Bonchev–Trinajstić information content (AvgIpc) is 2.36. The molecule has 1 aromatic rings. The van der Waals surface area contributed by atoms with Gasteiger partial charge in [0.05, 0.1) is 6.10 Å². The lowest BCUT2D eigenvalue weighted by Gasteiger charge is -2.18. The lowest BCUT2D eigenvalue weighted by Crippen LogP contribution is -2.25. The molecule has 18 heavy (non-hydrogen) atoms. The van der Waals surface area contributed by atoms with Crippen LogP contribution in [0.3, 0.4) is 0 Å². The zero-order valence-corrected chi connectivity index (χ0v) is 11.9. The number of nitrogens with zero attached hydrogens (tertiary/aromatic N) is 2. The molecule has 1 unspecified atom stereocenters. The average molecular weight is 252 g/mol. The van der Waals surface area contributed by atoms with Crippen molar-refractivity contribution in [3.63, 3.8) is 0 Å². The number of nitrogens with one attached hydrogen (secondary N) is 2. The number of anilines is 2. The third-order valence-corrected chi connectivity index (χ3v) is 2.99. The maximum atomic E-state index is 9.81. The normalized spacial score (nSPS) is 12.6. The number of aliphatic hydroxyl groups is 1. The van der Waals surface area contributed by atoms with Crippen molar-refractivity contribution in [2.75, 3.05) is 24.2 Å². The van der Waals surface area contributed by atoms with E-state index in [9.17, 15) is 5.11 Å². The summed E-state index contributed by atoms with van der Waals surface area (Å²) in [7, 11) is 1.85. The predicted molar refractivity (Wildman–Crippen MR) is 75.0 cm³/mol. The van der Waals surface area contributed by atoms with E-state index in [0.717, 1.165) is 29.4 Å². The molecular weight excluding hydrogens is 228 g/mol. The molecule has 0 aliphatic rings. The van der Waals surface area contributed by atoms with Crippen LogP contribution < -0.4 is 10.6 Å². The first kappa shape index (κ1) is 14.7. The fourth-order valence-electron chi connectivity index (χ4n) is 1.57. The van der Waals surface area contributed by atoms with E-state index >= 15 is 0 Å². The second kappa shape index (κ2) is 6.54. The van der Waals surface area contributed by atoms with Crippen molar-refractivity contribution >= 4 is 11.6 Å². The molecule has 0 aromatic carbocycles. The number of hydrogen-bond acceptors (Lipinski definition) is 5. The van der Waals surface area contributed by atoms with E-state index in [1.165, 1.54) is 0 Å². The van der Waals surface area contributed by atoms with Gasteiger partial charge in [-0.25, -0.2) is 9.97 Å². The minimum Gasteiger partial charge on any atom is -0.391 e. The molecule has 0 aliphatic carbocycles. The number of hydrogen-bond donors (Lipinski definition) is 3. The van der Waals surface area contributed by atoms with Crippen LogP contribution in [0.1, 0.15) is 32.2 Å². The fourth-order valence-corrected chi connectivity index (χ4v) is 1.57. The van der Waals surface area contributed by atoms with E-state index in [-0.39, 0.29) is 12.0 Å². The molecule has 0 aliphatic heterocycles. The van der Waals surface area contributed by atoms with Crippen molar-refractivity contribution in [2.45, 2.75) is 40.2 Å². The summed E-state index contributed by atoms with van der Waals surface area (Å²) in [6, 6.07) is 0. The van der Waals surface area contributed by atoms with Crippen molar-refractivity contribution < 1.29 is 5.11 Å². The molecule has 102 valence electrons. The highest BCUT2D eigenvalue weighted by Gasteiger charge is 2.12. The summed E-state index contributed by atoms with van der Waals surface area (Å²) < 4.78 is 0. The molecule has 5 heteroatoms. The summed E-state index contributed by atoms with van der Waals surface area (Å²) in [4.78, 5) is 8.86. The van der Waals surface area contributed by atoms with Gasteiger partial charge in [-0.3, -0.25) is 0 Å². The van der Waals surface area contributed by atoms with Gasteiger partial charge in [0, 0.05) is 25.6 Å². The number of aryl methyl sites for hydroxylation is 1. The summed E-state index contributed by atoms with van der Waals surface area (Å²) in [6.45, 7) is 8.49. The molecule has 0 amide bonds. The lowest BCUT2D eigenvalue weighted by atomic mass is 10.1. The molecule has 0 bridgehead atoms. The summed E-state index contributed by atoms with van der Waals surface area (Å²) in [6.07, 6.45) is 0.415. The Morgan fingerprint density at radius 2 is 1.83 bits per heavy atom. The van der Waals surface area contributed by atoms with Crippen LogP contribution in [0.15, 0.2) is 0 Å².